The van der Waals surface area contributed by atoms with E-state index in [9.17, 15) is 8.42 Å². The summed E-state index contributed by atoms with van der Waals surface area (Å²) in [5, 5.41) is 5.23. The Morgan fingerprint density at radius 3 is 2.42 bits per heavy atom. The predicted octanol–water partition coefficient (Wildman–Crippen LogP) is 2.59. The van der Waals surface area contributed by atoms with Gasteiger partial charge in [-0.2, -0.15) is 0 Å². The van der Waals surface area contributed by atoms with Crippen LogP contribution in [0.15, 0.2) is 47.5 Å². The molecule has 0 aliphatic heterocycles. The Labute approximate surface area is 140 Å². The number of hydrogen-bond acceptors (Lipinski definition) is 4. The van der Waals surface area contributed by atoms with Crippen LogP contribution in [-0.2, 0) is 10.0 Å². The lowest BCUT2D eigenvalue weighted by Crippen LogP contribution is -2.12. The van der Waals surface area contributed by atoms with Crippen LogP contribution in [0.2, 0.25) is 0 Å². The van der Waals surface area contributed by atoms with Gasteiger partial charge >= 0.3 is 0 Å². The molecule has 6 nitrogen and oxygen atoms in total. The van der Waals surface area contributed by atoms with Crippen LogP contribution in [0, 0.1) is 13.8 Å². The van der Waals surface area contributed by atoms with Gasteiger partial charge in [0.2, 0.25) is 10.0 Å². The number of anilines is 1. The lowest BCUT2D eigenvalue weighted by Gasteiger charge is -2.11. The van der Waals surface area contributed by atoms with E-state index in [1.54, 1.807) is 18.3 Å². The maximum Gasteiger partial charge on any atom is 0.238 e. The van der Waals surface area contributed by atoms with Crippen LogP contribution in [0.1, 0.15) is 11.3 Å². The zero-order valence-electron chi connectivity index (χ0n) is 13.4. The van der Waals surface area contributed by atoms with E-state index in [0.717, 1.165) is 33.6 Å². The fraction of sp³-hybridized carbons (Fsp3) is 0.118. The number of nitrogens with one attached hydrogen (secondary N) is 1. The number of aryl methyl sites for hydroxylation is 2. The van der Waals surface area contributed by atoms with Crippen molar-refractivity contribution < 1.29 is 8.42 Å². The van der Waals surface area contributed by atoms with Crippen LogP contribution in [0.3, 0.4) is 0 Å². The van der Waals surface area contributed by atoms with Crippen molar-refractivity contribution in [1.29, 1.82) is 0 Å². The third-order valence-corrected chi connectivity index (χ3v) is 4.80. The van der Waals surface area contributed by atoms with Gasteiger partial charge in [-0.25, -0.2) is 18.5 Å². The zero-order valence-corrected chi connectivity index (χ0v) is 14.2. The number of aromatic amines is 1. The molecule has 0 spiro atoms. The second kappa shape index (κ2) is 5.77. The van der Waals surface area contributed by atoms with E-state index >= 15 is 0 Å². The summed E-state index contributed by atoms with van der Waals surface area (Å²) in [5.74, 6) is 0.404. The van der Waals surface area contributed by atoms with Crippen LogP contribution in [-0.4, -0.2) is 18.4 Å². The number of rotatable bonds is 3. The van der Waals surface area contributed by atoms with Crippen LogP contribution in [0.5, 0.6) is 0 Å². The number of benzene rings is 1. The Morgan fingerprint density at radius 2 is 1.79 bits per heavy atom. The SMILES string of the molecule is Cc1ccc(-c2cc(-c3cc(S(N)(=O)=O)ccc3C)cnc2N)[nH]1. The van der Waals surface area contributed by atoms with Gasteiger partial charge in [0, 0.05) is 28.7 Å². The van der Waals surface area contributed by atoms with Crippen molar-refractivity contribution in [3.8, 4) is 22.4 Å². The Morgan fingerprint density at radius 1 is 1.04 bits per heavy atom. The second-order valence-corrected chi connectivity index (χ2v) is 7.29. The first kappa shape index (κ1) is 16.2. The van der Waals surface area contributed by atoms with E-state index in [1.807, 2.05) is 32.0 Å². The number of pyridine rings is 1. The highest BCUT2D eigenvalue weighted by atomic mass is 32.2. The van der Waals surface area contributed by atoms with Crippen LogP contribution in [0.4, 0.5) is 5.82 Å². The van der Waals surface area contributed by atoms with Gasteiger partial charge in [0.25, 0.3) is 0 Å². The number of primary sulfonamides is 1. The van der Waals surface area contributed by atoms with Gasteiger partial charge in [-0.05, 0) is 55.3 Å². The molecule has 124 valence electrons. The minimum atomic E-state index is -3.77. The second-order valence-electron chi connectivity index (χ2n) is 5.73. The maximum absolute atomic E-state index is 11.6. The summed E-state index contributed by atoms with van der Waals surface area (Å²) in [6, 6.07) is 10.6. The average molecular weight is 342 g/mol. The topological polar surface area (TPSA) is 115 Å². The van der Waals surface area contributed by atoms with Crippen molar-refractivity contribution in [2.45, 2.75) is 18.7 Å². The Hall–Kier alpha value is -2.64. The average Bonchev–Trinajstić information content (AvgIpc) is 2.93. The largest absolute Gasteiger partial charge is 0.383 e. The molecule has 0 saturated heterocycles. The first-order valence-corrected chi connectivity index (χ1v) is 8.85. The number of nitrogen functional groups attached to an aromatic ring is 1. The smallest absolute Gasteiger partial charge is 0.238 e. The summed E-state index contributed by atoms with van der Waals surface area (Å²) in [6.45, 7) is 3.85. The molecule has 2 aromatic heterocycles. The van der Waals surface area contributed by atoms with Gasteiger partial charge in [0.15, 0.2) is 0 Å². The summed E-state index contributed by atoms with van der Waals surface area (Å²) < 4.78 is 23.2. The number of nitrogens with zero attached hydrogens (tertiary/aromatic N) is 1. The van der Waals surface area contributed by atoms with Gasteiger partial charge in [-0.3, -0.25) is 0 Å². The summed E-state index contributed by atoms with van der Waals surface area (Å²) in [4.78, 5) is 7.54. The summed E-state index contributed by atoms with van der Waals surface area (Å²) >= 11 is 0. The predicted molar refractivity (Wildman–Crippen MR) is 94.7 cm³/mol. The standard InChI is InChI=1S/C17H18N4O2S/c1-10-3-5-13(24(19,22)23)8-14(10)12-7-15(17(18)20-9-12)16-6-4-11(2)21-16/h3-9,21H,1-2H3,(H2,18,20)(H2,19,22,23). The molecule has 5 N–H and O–H groups in total. The van der Waals surface area contributed by atoms with Crippen molar-refractivity contribution in [1.82, 2.24) is 9.97 Å². The van der Waals surface area contributed by atoms with Crippen molar-refractivity contribution >= 4 is 15.8 Å². The molecule has 0 aliphatic rings. The van der Waals surface area contributed by atoms with E-state index in [-0.39, 0.29) is 4.90 Å². The summed E-state index contributed by atoms with van der Waals surface area (Å²) in [6.07, 6.45) is 1.63. The molecule has 0 atom stereocenters. The lowest BCUT2D eigenvalue weighted by atomic mass is 10.00. The molecule has 0 radical (unpaired) electrons. The van der Waals surface area contributed by atoms with Gasteiger partial charge in [-0.1, -0.05) is 6.07 Å². The monoisotopic (exact) mass is 342 g/mol. The first-order valence-electron chi connectivity index (χ1n) is 7.31. The van der Waals surface area contributed by atoms with Crippen LogP contribution < -0.4 is 10.9 Å². The number of nitrogens with two attached hydrogens (primary N) is 2. The molecule has 0 unspecified atom stereocenters. The van der Waals surface area contributed by atoms with E-state index in [0.29, 0.717) is 5.82 Å². The molecular formula is C17H18N4O2S. The zero-order chi connectivity index (χ0) is 17.5. The normalized spacial score (nSPS) is 11.6. The van der Waals surface area contributed by atoms with Crippen molar-refractivity contribution in [2.24, 2.45) is 5.14 Å². The van der Waals surface area contributed by atoms with E-state index in [4.69, 9.17) is 10.9 Å². The third kappa shape index (κ3) is 3.04. The molecule has 3 aromatic rings. The molecule has 3 rings (SSSR count). The molecule has 7 heteroatoms. The number of hydrogen-bond donors (Lipinski definition) is 3. The van der Waals surface area contributed by atoms with Gasteiger partial charge in [-0.15, -0.1) is 0 Å². The molecule has 24 heavy (non-hydrogen) atoms. The molecule has 0 amide bonds. The molecule has 0 fully saturated rings. The maximum atomic E-state index is 11.6. The van der Waals surface area contributed by atoms with Crippen molar-refractivity contribution in [3.63, 3.8) is 0 Å². The lowest BCUT2D eigenvalue weighted by molar-refractivity contribution is 0.598. The number of aromatic nitrogens is 2. The number of sulfonamides is 1. The summed E-state index contributed by atoms with van der Waals surface area (Å²) in [5.41, 5.74) is 11.1. The van der Waals surface area contributed by atoms with Crippen molar-refractivity contribution in [2.75, 3.05) is 5.73 Å². The highest BCUT2D eigenvalue weighted by Crippen LogP contribution is 2.31. The molecule has 0 saturated carbocycles. The molecule has 0 bridgehead atoms. The van der Waals surface area contributed by atoms with E-state index in [1.165, 1.54) is 6.07 Å². The Kier molecular flexibility index (Phi) is 3.90. The van der Waals surface area contributed by atoms with E-state index < -0.39 is 10.0 Å². The van der Waals surface area contributed by atoms with Gasteiger partial charge in [0.1, 0.15) is 5.82 Å². The van der Waals surface area contributed by atoms with E-state index in [2.05, 4.69) is 9.97 Å². The fourth-order valence-corrected chi connectivity index (χ4v) is 3.13. The highest BCUT2D eigenvalue weighted by Gasteiger charge is 2.13. The van der Waals surface area contributed by atoms with Crippen LogP contribution in [0.25, 0.3) is 22.4 Å². The number of H-pyrrole nitrogens is 1. The third-order valence-electron chi connectivity index (χ3n) is 3.89. The van der Waals surface area contributed by atoms with Crippen molar-refractivity contribution in [3.05, 3.63) is 53.9 Å². The first-order chi connectivity index (χ1) is 11.3. The summed E-state index contributed by atoms with van der Waals surface area (Å²) in [7, 11) is -3.77. The molecule has 2 heterocycles. The van der Waals surface area contributed by atoms with Crippen LogP contribution >= 0.6 is 0 Å². The minimum absolute atomic E-state index is 0.0668. The van der Waals surface area contributed by atoms with Gasteiger partial charge in [0.05, 0.1) is 4.90 Å². The highest BCUT2D eigenvalue weighted by molar-refractivity contribution is 7.89. The molecule has 0 aliphatic carbocycles. The van der Waals surface area contributed by atoms with Gasteiger partial charge < -0.3 is 10.7 Å². The minimum Gasteiger partial charge on any atom is -0.383 e. The quantitative estimate of drug-likeness (QED) is 0.678. The Bertz CT molecular complexity index is 1020. The molecule has 1 aromatic carbocycles. The Balaban J connectivity index is 2.17. The fourth-order valence-electron chi connectivity index (χ4n) is 2.59. The molecular weight excluding hydrogens is 324 g/mol.